The van der Waals surface area contributed by atoms with Gasteiger partial charge in [0, 0.05) is 44.3 Å². The number of likely N-dealkylation sites (tertiary alicyclic amines) is 1. The van der Waals surface area contributed by atoms with Crippen molar-refractivity contribution in [2.45, 2.75) is 19.4 Å². The Morgan fingerprint density at radius 2 is 1.77 bits per heavy atom. The van der Waals surface area contributed by atoms with Crippen molar-refractivity contribution in [2.24, 2.45) is 7.05 Å². The molecule has 1 N–H and O–H groups in total. The third-order valence-corrected chi connectivity index (χ3v) is 7.48. The Labute approximate surface area is 234 Å². The molecule has 3 aromatic carbocycles. The standard InChI is InChI=1S/C29H26N6O4S/c1-17-30-26(35(3)33-17)18-8-10-20(11-9-18)38-21-14-19(15-22(16-21)39-24-12-13-34(2)28(24)37)27(36)32-29-31-23-6-4-5-7-25(23)40-29/h4-11,14-16,24H,12-13H2,1-3H3,(H,31,32,36). The van der Waals surface area contributed by atoms with Crippen LogP contribution in [0.1, 0.15) is 22.6 Å². The zero-order chi connectivity index (χ0) is 27.8. The van der Waals surface area contributed by atoms with Gasteiger partial charge in [-0.1, -0.05) is 23.5 Å². The second-order valence-electron chi connectivity index (χ2n) is 9.52. The monoisotopic (exact) mass is 554 g/mol. The van der Waals surface area contributed by atoms with Crippen LogP contribution in [-0.2, 0) is 11.8 Å². The lowest BCUT2D eigenvalue weighted by Gasteiger charge is -2.15. The lowest BCUT2D eigenvalue weighted by molar-refractivity contribution is -0.132. The number of hydrogen-bond acceptors (Lipinski definition) is 8. The molecule has 1 unspecified atom stereocenters. The maximum absolute atomic E-state index is 13.3. The summed E-state index contributed by atoms with van der Waals surface area (Å²) < 4.78 is 14.9. The summed E-state index contributed by atoms with van der Waals surface area (Å²) in [6.45, 7) is 2.46. The molecule has 5 aromatic rings. The number of aromatic nitrogens is 4. The molecule has 1 saturated heterocycles. The highest BCUT2D eigenvalue weighted by Crippen LogP contribution is 2.32. The summed E-state index contributed by atoms with van der Waals surface area (Å²) in [7, 11) is 3.59. The van der Waals surface area contributed by atoms with Crippen LogP contribution in [0.2, 0.25) is 0 Å². The molecule has 1 aliphatic heterocycles. The minimum Gasteiger partial charge on any atom is -0.480 e. The van der Waals surface area contributed by atoms with Gasteiger partial charge in [0.1, 0.15) is 23.1 Å². The predicted octanol–water partition coefficient (Wildman–Crippen LogP) is 5.05. The van der Waals surface area contributed by atoms with E-state index in [1.54, 1.807) is 34.8 Å². The molecule has 1 aliphatic rings. The van der Waals surface area contributed by atoms with Gasteiger partial charge in [-0.3, -0.25) is 14.9 Å². The molecular weight excluding hydrogens is 528 g/mol. The number of anilines is 1. The number of nitrogens with zero attached hydrogens (tertiary/aromatic N) is 5. The Bertz CT molecular complexity index is 1700. The van der Waals surface area contributed by atoms with Gasteiger partial charge in [-0.15, -0.1) is 0 Å². The predicted molar refractivity (Wildman–Crippen MR) is 152 cm³/mol. The van der Waals surface area contributed by atoms with E-state index in [2.05, 4.69) is 20.4 Å². The van der Waals surface area contributed by atoms with Gasteiger partial charge in [0.2, 0.25) is 0 Å². The fraction of sp³-hybridized carbons (Fsp3) is 0.207. The van der Waals surface area contributed by atoms with Crippen molar-refractivity contribution in [1.82, 2.24) is 24.6 Å². The molecule has 2 amide bonds. The largest absolute Gasteiger partial charge is 0.480 e. The molecular formula is C29H26N6O4S. The number of likely N-dealkylation sites (N-methyl/N-ethyl adjacent to an activating group) is 1. The molecule has 40 heavy (non-hydrogen) atoms. The van der Waals surface area contributed by atoms with Crippen molar-refractivity contribution < 1.29 is 19.1 Å². The van der Waals surface area contributed by atoms with E-state index in [-0.39, 0.29) is 11.8 Å². The minimum absolute atomic E-state index is 0.0959. The van der Waals surface area contributed by atoms with Crippen LogP contribution in [0.25, 0.3) is 21.6 Å². The van der Waals surface area contributed by atoms with Gasteiger partial charge in [0.05, 0.1) is 10.2 Å². The number of nitrogens with one attached hydrogen (secondary N) is 1. The highest BCUT2D eigenvalue weighted by molar-refractivity contribution is 7.22. The van der Waals surface area contributed by atoms with Crippen molar-refractivity contribution in [3.05, 3.63) is 78.1 Å². The summed E-state index contributed by atoms with van der Waals surface area (Å²) in [5.74, 6) is 2.31. The van der Waals surface area contributed by atoms with E-state index in [1.165, 1.54) is 11.3 Å². The van der Waals surface area contributed by atoms with E-state index in [1.807, 2.05) is 62.5 Å². The number of fused-ring (bicyclic) bond motifs is 1. The molecule has 0 spiro atoms. The first-order valence-electron chi connectivity index (χ1n) is 12.7. The lowest BCUT2D eigenvalue weighted by Crippen LogP contribution is -2.29. The van der Waals surface area contributed by atoms with Gasteiger partial charge in [0.25, 0.3) is 11.8 Å². The molecule has 0 radical (unpaired) electrons. The molecule has 202 valence electrons. The third-order valence-electron chi connectivity index (χ3n) is 6.53. The van der Waals surface area contributed by atoms with Crippen molar-refractivity contribution in [3.8, 4) is 28.6 Å². The molecule has 6 rings (SSSR count). The van der Waals surface area contributed by atoms with Crippen molar-refractivity contribution in [2.75, 3.05) is 18.9 Å². The average molecular weight is 555 g/mol. The van der Waals surface area contributed by atoms with Crippen LogP contribution in [0.4, 0.5) is 5.13 Å². The third kappa shape index (κ3) is 5.23. The average Bonchev–Trinajstić information content (AvgIpc) is 3.60. The maximum atomic E-state index is 13.3. The number of carbonyl (C=O) groups is 2. The quantitative estimate of drug-likeness (QED) is 0.300. The zero-order valence-electron chi connectivity index (χ0n) is 22.1. The summed E-state index contributed by atoms with van der Waals surface area (Å²) >= 11 is 1.39. The molecule has 1 fully saturated rings. The minimum atomic E-state index is -0.616. The normalized spacial score (nSPS) is 15.0. The number of amides is 2. The zero-order valence-corrected chi connectivity index (χ0v) is 22.9. The van der Waals surface area contributed by atoms with Crippen molar-refractivity contribution in [1.29, 1.82) is 0 Å². The van der Waals surface area contributed by atoms with Gasteiger partial charge in [-0.2, -0.15) is 5.10 Å². The van der Waals surface area contributed by atoms with Crippen LogP contribution in [0.15, 0.2) is 66.7 Å². The number of aryl methyl sites for hydroxylation is 2. The Morgan fingerprint density at radius 3 is 2.48 bits per heavy atom. The SMILES string of the molecule is Cc1nc(-c2ccc(Oc3cc(OC4CCN(C)C4=O)cc(C(=O)Nc4nc5ccccc5s4)c3)cc2)n(C)n1. The Balaban J connectivity index is 1.27. The molecule has 10 nitrogen and oxygen atoms in total. The van der Waals surface area contributed by atoms with Crippen LogP contribution in [0, 0.1) is 6.92 Å². The lowest BCUT2D eigenvalue weighted by atomic mass is 10.1. The van der Waals surface area contributed by atoms with Crippen LogP contribution >= 0.6 is 11.3 Å². The molecule has 0 saturated carbocycles. The van der Waals surface area contributed by atoms with E-state index in [9.17, 15) is 9.59 Å². The number of hydrogen-bond donors (Lipinski definition) is 1. The summed E-state index contributed by atoms with van der Waals surface area (Å²) in [6, 6.07) is 20.1. The number of para-hydroxylation sites is 1. The number of benzene rings is 3. The van der Waals surface area contributed by atoms with E-state index < -0.39 is 6.10 Å². The number of rotatable bonds is 7. The molecule has 11 heteroatoms. The Hall–Kier alpha value is -4.77. The highest BCUT2D eigenvalue weighted by Gasteiger charge is 2.31. The summed E-state index contributed by atoms with van der Waals surface area (Å²) in [5.41, 5.74) is 2.02. The number of ether oxygens (including phenoxy) is 2. The first kappa shape index (κ1) is 25.5. The van der Waals surface area contributed by atoms with Crippen LogP contribution in [0.3, 0.4) is 0 Å². The first-order chi connectivity index (χ1) is 19.3. The van der Waals surface area contributed by atoms with Crippen molar-refractivity contribution in [3.63, 3.8) is 0 Å². The van der Waals surface area contributed by atoms with Crippen LogP contribution in [-0.4, -0.2) is 56.2 Å². The summed E-state index contributed by atoms with van der Waals surface area (Å²) in [4.78, 5) is 36.4. The fourth-order valence-corrected chi connectivity index (χ4v) is 5.42. The highest BCUT2D eigenvalue weighted by atomic mass is 32.1. The van der Waals surface area contributed by atoms with E-state index >= 15 is 0 Å². The molecule has 0 bridgehead atoms. The molecule has 2 aromatic heterocycles. The van der Waals surface area contributed by atoms with Crippen LogP contribution in [0.5, 0.6) is 17.2 Å². The van der Waals surface area contributed by atoms with Gasteiger partial charge < -0.3 is 14.4 Å². The summed E-state index contributed by atoms with van der Waals surface area (Å²) in [5, 5.41) is 7.66. The van der Waals surface area contributed by atoms with Gasteiger partial charge >= 0.3 is 0 Å². The first-order valence-corrected chi connectivity index (χ1v) is 13.5. The summed E-state index contributed by atoms with van der Waals surface area (Å²) in [6.07, 6.45) is -0.0500. The van der Waals surface area contributed by atoms with Crippen molar-refractivity contribution >= 4 is 38.5 Å². The second kappa shape index (κ2) is 10.4. The number of carbonyl (C=O) groups excluding carboxylic acids is 2. The van der Waals surface area contributed by atoms with Gasteiger partial charge in [0.15, 0.2) is 17.1 Å². The smallest absolute Gasteiger partial charge is 0.263 e. The molecule has 1 atom stereocenters. The van der Waals surface area contributed by atoms with Gasteiger partial charge in [-0.25, -0.2) is 14.6 Å². The Kier molecular flexibility index (Phi) is 6.64. The van der Waals surface area contributed by atoms with Gasteiger partial charge in [-0.05, 0) is 55.5 Å². The second-order valence-corrected chi connectivity index (χ2v) is 10.6. The Morgan fingerprint density at radius 1 is 1.00 bits per heavy atom. The fourth-order valence-electron chi connectivity index (χ4n) is 4.56. The van der Waals surface area contributed by atoms with E-state index in [4.69, 9.17) is 9.47 Å². The molecule has 0 aliphatic carbocycles. The maximum Gasteiger partial charge on any atom is 0.263 e. The number of thiazole rings is 1. The van der Waals surface area contributed by atoms with E-state index in [0.717, 1.165) is 21.6 Å². The van der Waals surface area contributed by atoms with Crippen LogP contribution < -0.4 is 14.8 Å². The van der Waals surface area contributed by atoms with E-state index in [0.29, 0.717) is 46.7 Å². The molecule has 3 heterocycles. The topological polar surface area (TPSA) is 111 Å².